The molecule has 152 valence electrons. The highest BCUT2D eigenvalue weighted by atomic mass is 16.7. The second-order valence-electron chi connectivity index (χ2n) is 7.42. The van der Waals surface area contributed by atoms with Crippen LogP contribution in [0.3, 0.4) is 0 Å². The van der Waals surface area contributed by atoms with Crippen molar-refractivity contribution in [2.45, 2.75) is 25.8 Å². The van der Waals surface area contributed by atoms with Crippen molar-refractivity contribution in [3.05, 3.63) is 42.0 Å². The quantitative estimate of drug-likeness (QED) is 0.847. The zero-order valence-corrected chi connectivity index (χ0v) is 16.8. The van der Waals surface area contributed by atoms with Crippen LogP contribution in [0.1, 0.15) is 25.8 Å². The minimum atomic E-state index is -0.483. The van der Waals surface area contributed by atoms with Gasteiger partial charge in [-0.15, -0.1) is 0 Å². The monoisotopic (exact) mass is 397 g/mol. The molecule has 2 aromatic rings. The van der Waals surface area contributed by atoms with Crippen LogP contribution in [0.25, 0.3) is 0 Å². The minimum absolute atomic E-state index is 0.185. The molecule has 0 saturated carbocycles. The average Bonchev–Trinajstić information content (AvgIpc) is 3.30. The summed E-state index contributed by atoms with van der Waals surface area (Å²) >= 11 is 0. The summed E-state index contributed by atoms with van der Waals surface area (Å²) in [6.45, 7) is 4.14. The van der Waals surface area contributed by atoms with Gasteiger partial charge in [-0.3, -0.25) is 0 Å². The number of fused-ring (bicyclic) bond motifs is 1. The molecule has 2 aromatic carbocycles. The predicted octanol–water partition coefficient (Wildman–Crippen LogP) is 3.85. The molecule has 2 amide bonds. The highest BCUT2D eigenvalue weighted by Gasteiger charge is 2.39. The molecule has 0 aromatic heterocycles. The van der Waals surface area contributed by atoms with Gasteiger partial charge in [0, 0.05) is 23.7 Å². The number of hydrogen-bond acceptors (Lipinski definition) is 6. The van der Waals surface area contributed by atoms with Crippen LogP contribution in [-0.4, -0.2) is 43.3 Å². The van der Waals surface area contributed by atoms with Gasteiger partial charge in [-0.2, -0.15) is 5.10 Å². The van der Waals surface area contributed by atoms with Gasteiger partial charge < -0.3 is 24.3 Å². The van der Waals surface area contributed by atoms with Crippen LogP contribution in [0.4, 0.5) is 10.5 Å². The number of urea groups is 1. The van der Waals surface area contributed by atoms with Crippen LogP contribution in [0.2, 0.25) is 0 Å². The Bertz CT molecular complexity index is 986. The molecule has 1 N–H and O–H groups in total. The number of nitrogens with one attached hydrogen (secondary N) is 1. The van der Waals surface area contributed by atoms with E-state index >= 15 is 0 Å². The molecule has 0 radical (unpaired) electrons. The van der Waals surface area contributed by atoms with Crippen LogP contribution < -0.4 is 24.3 Å². The topological polar surface area (TPSA) is 81.6 Å². The lowest BCUT2D eigenvalue weighted by molar-refractivity contribution is 0.167. The van der Waals surface area contributed by atoms with E-state index in [2.05, 4.69) is 10.4 Å². The van der Waals surface area contributed by atoms with Crippen LogP contribution >= 0.6 is 0 Å². The first-order valence-electron chi connectivity index (χ1n) is 9.22. The highest BCUT2D eigenvalue weighted by Crippen LogP contribution is 2.36. The van der Waals surface area contributed by atoms with Gasteiger partial charge in [0.15, 0.2) is 23.0 Å². The van der Waals surface area contributed by atoms with Crippen molar-refractivity contribution < 1.29 is 23.7 Å². The number of amides is 2. The molecule has 0 bridgehead atoms. The summed E-state index contributed by atoms with van der Waals surface area (Å²) in [7, 11) is 3.18. The Labute approximate surface area is 169 Å². The average molecular weight is 397 g/mol. The van der Waals surface area contributed by atoms with Crippen LogP contribution in [0.15, 0.2) is 41.5 Å². The van der Waals surface area contributed by atoms with E-state index in [0.717, 1.165) is 11.3 Å². The molecule has 2 aliphatic rings. The summed E-state index contributed by atoms with van der Waals surface area (Å²) in [5, 5.41) is 8.95. The summed E-state index contributed by atoms with van der Waals surface area (Å²) in [4.78, 5) is 12.9. The number of ether oxygens (including phenoxy) is 4. The molecule has 8 nitrogen and oxygen atoms in total. The third kappa shape index (κ3) is 3.53. The molecule has 2 heterocycles. The van der Waals surface area contributed by atoms with Crippen molar-refractivity contribution in [2.24, 2.45) is 5.10 Å². The number of nitrogens with zero attached hydrogens (tertiary/aromatic N) is 2. The maximum Gasteiger partial charge on any atom is 0.342 e. The lowest BCUT2D eigenvalue weighted by atomic mass is 9.95. The fourth-order valence-electron chi connectivity index (χ4n) is 3.42. The summed E-state index contributed by atoms with van der Waals surface area (Å²) in [5.41, 5.74) is 1.82. The maximum atomic E-state index is 12.9. The first-order valence-corrected chi connectivity index (χ1v) is 9.22. The van der Waals surface area contributed by atoms with Gasteiger partial charge in [0.2, 0.25) is 6.79 Å². The molecule has 0 saturated heterocycles. The fourth-order valence-corrected chi connectivity index (χ4v) is 3.42. The van der Waals surface area contributed by atoms with Gasteiger partial charge in [0.1, 0.15) is 0 Å². The smallest absolute Gasteiger partial charge is 0.342 e. The summed E-state index contributed by atoms with van der Waals surface area (Å²) in [6, 6.07) is 10.6. The second-order valence-corrected chi connectivity index (χ2v) is 7.42. The molecule has 0 fully saturated rings. The molecular weight excluding hydrogens is 374 g/mol. The van der Waals surface area contributed by atoms with Gasteiger partial charge in [-0.05, 0) is 44.2 Å². The summed E-state index contributed by atoms with van der Waals surface area (Å²) in [6.07, 6.45) is 0.608. The van der Waals surface area contributed by atoms with Crippen LogP contribution in [0, 0.1) is 0 Å². The van der Waals surface area contributed by atoms with Crippen molar-refractivity contribution in [1.29, 1.82) is 0 Å². The molecule has 0 aliphatic carbocycles. The van der Waals surface area contributed by atoms with Gasteiger partial charge in [-0.1, -0.05) is 0 Å². The molecule has 29 heavy (non-hydrogen) atoms. The largest absolute Gasteiger partial charge is 0.493 e. The van der Waals surface area contributed by atoms with E-state index in [9.17, 15) is 4.79 Å². The summed E-state index contributed by atoms with van der Waals surface area (Å²) < 4.78 is 21.3. The first-order chi connectivity index (χ1) is 13.9. The SMILES string of the molecule is COc1ccc(C2=NN(C(=O)Nc3ccc4c(c3)OCO4)C(C)(C)C2)cc1OC. The standard InChI is InChI=1S/C21H23N3O5/c1-21(2)11-15(13-5-7-16(26-3)18(9-13)27-4)23-24(21)20(25)22-14-6-8-17-19(10-14)29-12-28-17/h5-10H,11-12H2,1-4H3,(H,22,25). The first kappa shape index (κ1) is 18.9. The zero-order valence-electron chi connectivity index (χ0n) is 16.8. The minimum Gasteiger partial charge on any atom is -0.493 e. The Kier molecular flexibility index (Phi) is 4.70. The Morgan fingerprint density at radius 3 is 2.59 bits per heavy atom. The van der Waals surface area contributed by atoms with E-state index in [1.807, 2.05) is 32.0 Å². The molecule has 0 spiro atoms. The number of hydrogen-bond donors (Lipinski definition) is 1. The molecule has 4 rings (SSSR count). The molecule has 2 aliphatic heterocycles. The van der Waals surface area contributed by atoms with Crippen LogP contribution in [-0.2, 0) is 0 Å². The van der Waals surface area contributed by atoms with Crippen molar-refractivity contribution in [3.8, 4) is 23.0 Å². The highest BCUT2D eigenvalue weighted by molar-refractivity contribution is 6.05. The Morgan fingerprint density at radius 1 is 1.07 bits per heavy atom. The number of benzene rings is 2. The van der Waals surface area contributed by atoms with E-state index in [-0.39, 0.29) is 12.8 Å². The van der Waals surface area contributed by atoms with E-state index in [0.29, 0.717) is 35.1 Å². The number of carbonyl (C=O) groups is 1. The molecule has 8 heteroatoms. The number of hydrazone groups is 1. The van der Waals surface area contributed by atoms with Gasteiger partial charge >= 0.3 is 6.03 Å². The lowest BCUT2D eigenvalue weighted by Gasteiger charge is -2.28. The van der Waals surface area contributed by atoms with Crippen LogP contribution in [0.5, 0.6) is 23.0 Å². The van der Waals surface area contributed by atoms with Crippen molar-refractivity contribution in [1.82, 2.24) is 5.01 Å². The fraction of sp³-hybridized carbons (Fsp3) is 0.333. The second kappa shape index (κ2) is 7.20. The lowest BCUT2D eigenvalue weighted by Crippen LogP contribution is -2.43. The Hall–Kier alpha value is -3.42. The Morgan fingerprint density at radius 2 is 1.83 bits per heavy atom. The third-order valence-corrected chi connectivity index (χ3v) is 4.93. The predicted molar refractivity (Wildman–Crippen MR) is 108 cm³/mol. The van der Waals surface area contributed by atoms with E-state index in [4.69, 9.17) is 18.9 Å². The van der Waals surface area contributed by atoms with Crippen molar-refractivity contribution in [3.63, 3.8) is 0 Å². The van der Waals surface area contributed by atoms with Gasteiger partial charge in [-0.25, -0.2) is 9.80 Å². The van der Waals surface area contributed by atoms with E-state index < -0.39 is 5.54 Å². The Balaban J connectivity index is 1.56. The normalized spacial score (nSPS) is 16.4. The molecule has 0 atom stereocenters. The van der Waals surface area contributed by atoms with Gasteiger partial charge in [0.05, 0.1) is 25.5 Å². The van der Waals surface area contributed by atoms with E-state index in [1.165, 1.54) is 5.01 Å². The molecular formula is C21H23N3O5. The number of methoxy groups -OCH3 is 2. The van der Waals surface area contributed by atoms with E-state index in [1.54, 1.807) is 32.4 Å². The molecule has 0 unspecified atom stereocenters. The summed E-state index contributed by atoms with van der Waals surface area (Å²) in [5.74, 6) is 2.54. The number of anilines is 1. The maximum absolute atomic E-state index is 12.9. The number of carbonyl (C=O) groups excluding carboxylic acids is 1. The third-order valence-electron chi connectivity index (χ3n) is 4.93. The number of rotatable bonds is 4. The van der Waals surface area contributed by atoms with Crippen molar-refractivity contribution >= 4 is 17.4 Å². The van der Waals surface area contributed by atoms with Crippen molar-refractivity contribution in [2.75, 3.05) is 26.3 Å². The zero-order chi connectivity index (χ0) is 20.6. The van der Waals surface area contributed by atoms with Gasteiger partial charge in [0.25, 0.3) is 0 Å².